The molecule has 0 saturated carbocycles. The van der Waals surface area contributed by atoms with Gasteiger partial charge in [0.15, 0.2) is 0 Å². The highest BCUT2D eigenvalue weighted by atomic mass is 19.4. The van der Waals surface area contributed by atoms with E-state index in [-0.39, 0.29) is 23.2 Å². The molecule has 0 amide bonds. The van der Waals surface area contributed by atoms with Crippen LogP contribution in [0.25, 0.3) is 28.5 Å². The maximum Gasteiger partial charge on any atom is 0.416 e. The Labute approximate surface area is 186 Å². The molecule has 4 heterocycles. The number of halogens is 3. The van der Waals surface area contributed by atoms with Crippen LogP contribution in [0, 0.1) is 0 Å². The fraction of sp³-hybridized carbons (Fsp3) is 0.364. The number of aromatic nitrogens is 5. The standard InChI is InChI=1S/C20H17F3N6O2.C2H6/c21-20(22,23)13-3-1-12(2-4-13)19-27-17(28-31-19)14-10-25-29-15(9-16(30)26-18(14)29)11-5-7-24-8-6-11;1-2/h1-4,9-11,24H,5-8H2,(H,26,30);1-2H3. The SMILES string of the molecule is CC.O=c1cc(C2CCNCC2)n2ncc(-c3noc(-c4ccc(C(F)(F)F)cc4)n3)c2[nH]1. The number of piperidine rings is 1. The lowest BCUT2D eigenvalue weighted by Crippen LogP contribution is -2.28. The Kier molecular flexibility index (Phi) is 6.32. The summed E-state index contributed by atoms with van der Waals surface area (Å²) in [6.07, 6.45) is -1.09. The number of hydrogen-bond donors (Lipinski definition) is 2. The zero-order chi connectivity index (χ0) is 23.6. The van der Waals surface area contributed by atoms with E-state index in [2.05, 4.69) is 25.5 Å². The van der Waals surface area contributed by atoms with E-state index in [1.54, 1.807) is 10.6 Å². The Morgan fingerprint density at radius 3 is 2.48 bits per heavy atom. The zero-order valence-electron chi connectivity index (χ0n) is 18.1. The molecule has 0 atom stereocenters. The van der Waals surface area contributed by atoms with Crippen molar-refractivity contribution in [3.8, 4) is 22.8 Å². The predicted octanol–water partition coefficient (Wildman–Crippen LogP) is 4.25. The van der Waals surface area contributed by atoms with E-state index < -0.39 is 11.7 Å². The average Bonchev–Trinajstić information content (AvgIpc) is 3.47. The molecule has 3 aromatic heterocycles. The van der Waals surface area contributed by atoms with E-state index in [0.29, 0.717) is 16.8 Å². The number of benzene rings is 1. The Hall–Kier alpha value is -3.47. The third kappa shape index (κ3) is 4.54. The van der Waals surface area contributed by atoms with Crippen LogP contribution in [0.2, 0.25) is 0 Å². The minimum absolute atomic E-state index is 0.0694. The predicted molar refractivity (Wildman–Crippen MR) is 116 cm³/mol. The van der Waals surface area contributed by atoms with Gasteiger partial charge in [-0.25, -0.2) is 4.52 Å². The second kappa shape index (κ2) is 9.18. The van der Waals surface area contributed by atoms with Crippen molar-refractivity contribution in [1.29, 1.82) is 0 Å². The molecule has 5 rings (SSSR count). The van der Waals surface area contributed by atoms with Crippen LogP contribution in [0.5, 0.6) is 0 Å². The van der Waals surface area contributed by atoms with Crippen molar-refractivity contribution < 1.29 is 17.7 Å². The van der Waals surface area contributed by atoms with Crippen molar-refractivity contribution >= 4 is 5.65 Å². The van der Waals surface area contributed by atoms with Crippen molar-refractivity contribution in [3.63, 3.8) is 0 Å². The molecule has 1 aliphatic rings. The van der Waals surface area contributed by atoms with Crippen LogP contribution in [0.4, 0.5) is 13.2 Å². The van der Waals surface area contributed by atoms with Crippen molar-refractivity contribution in [3.05, 3.63) is 58.1 Å². The minimum atomic E-state index is -4.42. The summed E-state index contributed by atoms with van der Waals surface area (Å²) in [7, 11) is 0. The number of rotatable bonds is 3. The quantitative estimate of drug-likeness (QED) is 0.474. The summed E-state index contributed by atoms with van der Waals surface area (Å²) in [5, 5.41) is 11.6. The molecule has 4 aromatic rings. The summed E-state index contributed by atoms with van der Waals surface area (Å²) in [6, 6.07) is 6.01. The van der Waals surface area contributed by atoms with E-state index in [9.17, 15) is 18.0 Å². The van der Waals surface area contributed by atoms with Crippen LogP contribution < -0.4 is 10.9 Å². The molecule has 1 aliphatic heterocycles. The summed E-state index contributed by atoms with van der Waals surface area (Å²) in [5.41, 5.74) is 1.07. The molecule has 1 fully saturated rings. The molecule has 2 N–H and O–H groups in total. The molecular formula is C22H23F3N6O2. The van der Waals surface area contributed by atoms with Gasteiger partial charge in [-0.05, 0) is 50.2 Å². The average molecular weight is 460 g/mol. The number of hydrogen-bond acceptors (Lipinski definition) is 6. The first-order valence-corrected chi connectivity index (χ1v) is 10.7. The molecule has 0 bridgehead atoms. The van der Waals surface area contributed by atoms with Gasteiger partial charge in [0.1, 0.15) is 5.65 Å². The topological polar surface area (TPSA) is 101 Å². The number of alkyl halides is 3. The van der Waals surface area contributed by atoms with Gasteiger partial charge < -0.3 is 14.8 Å². The van der Waals surface area contributed by atoms with Gasteiger partial charge in [0.2, 0.25) is 5.82 Å². The fourth-order valence-electron chi connectivity index (χ4n) is 3.84. The number of H-pyrrole nitrogens is 1. The maximum atomic E-state index is 12.8. The highest BCUT2D eigenvalue weighted by Gasteiger charge is 2.30. The van der Waals surface area contributed by atoms with Crippen molar-refractivity contribution in [2.75, 3.05) is 13.1 Å². The number of nitrogens with zero attached hydrogens (tertiary/aromatic N) is 4. The van der Waals surface area contributed by atoms with E-state index in [0.717, 1.165) is 43.8 Å². The number of fused-ring (bicyclic) bond motifs is 1. The molecule has 1 saturated heterocycles. The summed E-state index contributed by atoms with van der Waals surface area (Å²) in [6.45, 7) is 5.74. The highest BCUT2D eigenvalue weighted by molar-refractivity contribution is 5.73. The van der Waals surface area contributed by atoms with Gasteiger partial charge >= 0.3 is 6.18 Å². The van der Waals surface area contributed by atoms with Crippen LogP contribution in [-0.2, 0) is 6.18 Å². The molecule has 0 spiro atoms. The van der Waals surface area contributed by atoms with E-state index in [1.807, 2.05) is 13.8 Å². The molecule has 8 nitrogen and oxygen atoms in total. The Morgan fingerprint density at radius 2 is 1.82 bits per heavy atom. The first-order chi connectivity index (χ1) is 15.9. The van der Waals surface area contributed by atoms with Crippen LogP contribution in [0.3, 0.4) is 0 Å². The van der Waals surface area contributed by atoms with Gasteiger partial charge in [-0.3, -0.25) is 4.79 Å². The lowest BCUT2D eigenvalue weighted by atomic mass is 9.94. The number of nitrogens with one attached hydrogen (secondary N) is 2. The first-order valence-electron chi connectivity index (χ1n) is 10.7. The summed E-state index contributed by atoms with van der Waals surface area (Å²) < 4.78 is 45.2. The second-order valence-corrected chi connectivity index (χ2v) is 7.40. The maximum absolute atomic E-state index is 12.8. The zero-order valence-corrected chi connectivity index (χ0v) is 18.1. The normalized spacial score (nSPS) is 14.8. The van der Waals surface area contributed by atoms with Gasteiger partial charge in [-0.1, -0.05) is 19.0 Å². The van der Waals surface area contributed by atoms with Gasteiger partial charge in [-0.15, -0.1) is 0 Å². The summed E-state index contributed by atoms with van der Waals surface area (Å²) in [5.74, 6) is 0.453. The minimum Gasteiger partial charge on any atom is -0.334 e. The van der Waals surface area contributed by atoms with Gasteiger partial charge in [-0.2, -0.15) is 23.3 Å². The Bertz CT molecular complexity index is 1280. The van der Waals surface area contributed by atoms with E-state index in [1.165, 1.54) is 18.3 Å². The van der Waals surface area contributed by atoms with Gasteiger partial charge in [0, 0.05) is 17.5 Å². The molecule has 11 heteroatoms. The number of aromatic amines is 1. The van der Waals surface area contributed by atoms with Crippen molar-refractivity contribution in [2.24, 2.45) is 0 Å². The van der Waals surface area contributed by atoms with Crippen LogP contribution in [0.1, 0.15) is 43.9 Å². The summed E-state index contributed by atoms with van der Waals surface area (Å²) in [4.78, 5) is 19.4. The lowest BCUT2D eigenvalue weighted by Gasteiger charge is -2.23. The van der Waals surface area contributed by atoms with Gasteiger partial charge in [0.05, 0.1) is 23.0 Å². The largest absolute Gasteiger partial charge is 0.416 e. The first kappa shape index (κ1) is 22.7. The molecule has 0 unspecified atom stereocenters. The summed E-state index contributed by atoms with van der Waals surface area (Å²) >= 11 is 0. The fourth-order valence-corrected chi connectivity index (χ4v) is 3.84. The third-order valence-corrected chi connectivity index (χ3v) is 5.42. The molecule has 0 aliphatic carbocycles. The van der Waals surface area contributed by atoms with E-state index in [4.69, 9.17) is 4.52 Å². The Balaban J connectivity index is 0.00000126. The molecule has 1 aromatic carbocycles. The van der Waals surface area contributed by atoms with Crippen LogP contribution in [-0.4, -0.2) is 37.8 Å². The van der Waals surface area contributed by atoms with Gasteiger partial charge in [0.25, 0.3) is 11.4 Å². The molecule has 0 radical (unpaired) electrons. The second-order valence-electron chi connectivity index (χ2n) is 7.40. The van der Waals surface area contributed by atoms with Crippen LogP contribution >= 0.6 is 0 Å². The lowest BCUT2D eigenvalue weighted by molar-refractivity contribution is -0.137. The monoisotopic (exact) mass is 460 g/mol. The molecule has 174 valence electrons. The highest BCUT2D eigenvalue weighted by Crippen LogP contribution is 2.32. The smallest absolute Gasteiger partial charge is 0.334 e. The molecule has 33 heavy (non-hydrogen) atoms. The molecular weight excluding hydrogens is 437 g/mol. The van der Waals surface area contributed by atoms with E-state index >= 15 is 0 Å². The Morgan fingerprint density at radius 1 is 1.12 bits per heavy atom. The van der Waals surface area contributed by atoms with Crippen LogP contribution in [0.15, 0.2) is 45.8 Å². The van der Waals surface area contributed by atoms with Crippen molar-refractivity contribution in [2.45, 2.75) is 38.8 Å². The van der Waals surface area contributed by atoms with Crippen molar-refractivity contribution in [1.82, 2.24) is 30.1 Å². The third-order valence-electron chi connectivity index (χ3n) is 5.42.